The number of fused-ring (bicyclic) bond motifs is 5. The lowest BCUT2D eigenvalue weighted by Gasteiger charge is -2.36. The Morgan fingerprint density at radius 2 is 1.17 bits per heavy atom. The molecule has 0 spiro atoms. The Morgan fingerprint density at radius 1 is 0.632 bits per heavy atom. The first-order chi connectivity index (χ1) is 45.8. The third-order valence-corrected chi connectivity index (χ3v) is 15.3. The zero-order valence-electron chi connectivity index (χ0n) is 52.9. The van der Waals surface area contributed by atoms with Crippen LogP contribution in [0.3, 0.4) is 0 Å². The van der Waals surface area contributed by atoms with Crippen LogP contribution in [0.4, 0.5) is 9.59 Å². The monoisotopic (exact) mass is 1330 g/mol. The number of alkyl carbamates (subject to hydrolysis) is 2. The number of unbranched alkanes of at least 4 members (excludes halogenated alkanes) is 4. The average Bonchev–Trinajstić information content (AvgIpc) is 1.68. The van der Waals surface area contributed by atoms with Crippen LogP contribution < -0.4 is 32.1 Å². The van der Waals surface area contributed by atoms with Gasteiger partial charge in [-0.15, -0.1) is 0 Å². The SMILES string of the molecule is CC[C@@]1(OC(=O)C(C)NC(=O)CN(CCOC(=O)CNC(=O)OCCOCCNC(=O)CCCCCN2C(=O)C=CC2=O)CCOC(=O)CNC(=O)OCCOCCNC(=O)CCCCCN2C(=O)C=CC2=O)C(=O)OCc2c1cc1n(c2=O)Cc2cc3ccccc3nc2-1. The number of esters is 4. The maximum atomic E-state index is 14.1. The molecule has 32 heteroatoms. The van der Waals surface area contributed by atoms with Crippen LogP contribution in [0.5, 0.6) is 0 Å². The molecule has 4 aliphatic rings. The van der Waals surface area contributed by atoms with E-state index in [9.17, 15) is 67.1 Å². The molecule has 0 radical (unpaired) electrons. The van der Waals surface area contributed by atoms with Crippen LogP contribution in [0, 0.1) is 0 Å². The maximum Gasteiger partial charge on any atom is 0.407 e. The molecule has 1 aromatic carbocycles. The van der Waals surface area contributed by atoms with Gasteiger partial charge in [-0.05, 0) is 57.2 Å². The van der Waals surface area contributed by atoms with Crippen LogP contribution in [-0.2, 0) is 109 Å². The molecule has 0 bridgehead atoms. The van der Waals surface area contributed by atoms with Crippen molar-refractivity contribution in [2.24, 2.45) is 0 Å². The molecule has 0 fully saturated rings. The molecule has 95 heavy (non-hydrogen) atoms. The van der Waals surface area contributed by atoms with Gasteiger partial charge in [0.05, 0.1) is 62.0 Å². The number of para-hydroxylation sites is 1. The van der Waals surface area contributed by atoms with Crippen LogP contribution in [0.15, 0.2) is 65.5 Å². The predicted octanol–water partition coefficient (Wildman–Crippen LogP) is 0.212. The molecule has 5 N–H and O–H groups in total. The molecule has 7 rings (SSSR count). The molecule has 1 unspecified atom stereocenters. The van der Waals surface area contributed by atoms with Gasteiger partial charge in [-0.1, -0.05) is 38.0 Å². The van der Waals surface area contributed by atoms with Crippen LogP contribution in [0.1, 0.15) is 88.3 Å². The molecule has 9 amide bonds. The van der Waals surface area contributed by atoms with E-state index in [1.54, 1.807) is 13.0 Å². The van der Waals surface area contributed by atoms with E-state index >= 15 is 0 Å². The number of carbonyl (C=O) groups is 13. The second-order valence-corrected chi connectivity index (χ2v) is 22.0. The van der Waals surface area contributed by atoms with Crippen molar-refractivity contribution in [3.8, 4) is 11.4 Å². The van der Waals surface area contributed by atoms with Gasteiger partial charge in [0.25, 0.3) is 29.2 Å². The summed E-state index contributed by atoms with van der Waals surface area (Å²) in [4.78, 5) is 185. The molecular weight excluding hydrogens is 1250 g/mol. The Hall–Kier alpha value is -9.95. The minimum absolute atomic E-state index is 0.0276. The fourth-order valence-electron chi connectivity index (χ4n) is 10.3. The Kier molecular flexibility index (Phi) is 27.8. The molecule has 6 heterocycles. The highest BCUT2D eigenvalue weighted by Crippen LogP contribution is 2.41. The molecule has 4 aliphatic heterocycles. The van der Waals surface area contributed by atoms with Gasteiger partial charge in [-0.25, -0.2) is 24.2 Å². The van der Waals surface area contributed by atoms with Gasteiger partial charge in [0.15, 0.2) is 0 Å². The number of amides is 9. The van der Waals surface area contributed by atoms with Crippen molar-refractivity contribution in [3.63, 3.8) is 0 Å². The van der Waals surface area contributed by atoms with E-state index in [0.29, 0.717) is 55.4 Å². The van der Waals surface area contributed by atoms with Gasteiger partial charge in [0.1, 0.15) is 52.2 Å². The molecule has 0 aliphatic carbocycles. The number of pyridine rings is 2. The zero-order valence-corrected chi connectivity index (χ0v) is 52.9. The lowest BCUT2D eigenvalue weighted by atomic mass is 9.85. The second-order valence-electron chi connectivity index (χ2n) is 22.0. The van der Waals surface area contributed by atoms with E-state index in [1.807, 2.05) is 30.3 Å². The standard InChI is InChI=1S/C63H78N10O22/c1-3-63(45-35-47-57-43(34-42-12-8-9-13-46(42)69-57)38-73(47)58(83)44(45)40-94-60(63)85)95-59(84)41(2)68-50(76)39-70(24-28-90-55(81)36-66-61(86)92-32-30-88-26-20-64-48(74)14-6-4-10-22-71-51(77)16-17-52(71)78)25-29-91-56(82)37-67-62(87)93-33-31-89-27-21-65-49(75)15-7-5-11-23-72-53(79)18-19-54(72)80/h8-9,12-13,16-19,34-35,41H,3-7,10-11,14-15,20-33,36-40H2,1-2H3,(H,64,74)(H,65,75)(H,66,86)(H,67,87)(H,68,76)/t41?,63-/m0/s1. The summed E-state index contributed by atoms with van der Waals surface area (Å²) in [5.74, 6) is -6.34. The molecule has 3 aromatic rings. The lowest BCUT2D eigenvalue weighted by Crippen LogP contribution is -2.51. The van der Waals surface area contributed by atoms with Crippen LogP contribution in [0.2, 0.25) is 0 Å². The predicted molar refractivity (Wildman–Crippen MR) is 329 cm³/mol. The normalized spacial score (nSPS) is 15.4. The Morgan fingerprint density at radius 3 is 1.71 bits per heavy atom. The third kappa shape index (κ3) is 21.5. The van der Waals surface area contributed by atoms with Crippen molar-refractivity contribution < 1.29 is 100 Å². The van der Waals surface area contributed by atoms with Crippen LogP contribution >= 0.6 is 0 Å². The number of hydrogen-bond acceptors (Lipinski definition) is 24. The van der Waals surface area contributed by atoms with Crippen molar-refractivity contribution in [2.45, 2.75) is 96.4 Å². The number of benzene rings is 1. The summed E-state index contributed by atoms with van der Waals surface area (Å²) in [5, 5.41) is 13.3. The molecule has 0 saturated carbocycles. The van der Waals surface area contributed by atoms with E-state index in [1.165, 1.54) is 40.7 Å². The smallest absolute Gasteiger partial charge is 0.407 e. The highest BCUT2D eigenvalue weighted by Gasteiger charge is 2.51. The average molecular weight is 1330 g/mol. The summed E-state index contributed by atoms with van der Waals surface area (Å²) in [6.45, 7) is 0.712. The Labute approximate surface area is 544 Å². The third-order valence-electron chi connectivity index (χ3n) is 15.3. The fourth-order valence-corrected chi connectivity index (χ4v) is 10.3. The molecule has 2 aromatic heterocycles. The van der Waals surface area contributed by atoms with E-state index in [-0.39, 0.29) is 171 Å². The highest BCUT2D eigenvalue weighted by molar-refractivity contribution is 6.13. The van der Waals surface area contributed by atoms with Crippen LogP contribution in [0.25, 0.3) is 22.3 Å². The number of nitrogens with zero attached hydrogens (tertiary/aromatic N) is 5. The maximum absolute atomic E-state index is 14.1. The Balaban J connectivity index is 0.817. The number of imide groups is 2. The molecule has 0 saturated heterocycles. The number of aromatic nitrogens is 2. The number of rotatable bonds is 40. The summed E-state index contributed by atoms with van der Waals surface area (Å²) >= 11 is 0. The van der Waals surface area contributed by atoms with E-state index in [4.69, 9.17) is 42.9 Å². The summed E-state index contributed by atoms with van der Waals surface area (Å²) in [5.41, 5.74) is 0.114. The molecular formula is C63H78N10O22. The second kappa shape index (κ2) is 36.5. The summed E-state index contributed by atoms with van der Waals surface area (Å²) in [6, 6.07) is 9.60. The first kappa shape index (κ1) is 72.5. The number of hydrogen-bond donors (Lipinski definition) is 5. The quantitative estimate of drug-likeness (QED) is 0.0172. The van der Waals surface area contributed by atoms with Gasteiger partial charge < -0.3 is 69.0 Å². The fraction of sp³-hybridized carbons (Fsp3) is 0.508. The van der Waals surface area contributed by atoms with Crippen molar-refractivity contribution in [2.75, 3.05) is 112 Å². The number of cyclic esters (lactones) is 1. The van der Waals surface area contributed by atoms with Gasteiger partial charge in [0.2, 0.25) is 23.3 Å². The van der Waals surface area contributed by atoms with Crippen molar-refractivity contribution in [1.29, 1.82) is 0 Å². The largest absolute Gasteiger partial charge is 0.463 e. The van der Waals surface area contributed by atoms with Gasteiger partial charge >= 0.3 is 36.1 Å². The van der Waals surface area contributed by atoms with Gasteiger partial charge in [0, 0.05) is 92.9 Å². The number of ether oxygens (including phenoxy) is 8. The topological polar surface area (TPSA) is 401 Å². The van der Waals surface area contributed by atoms with Gasteiger partial charge in [-0.2, -0.15) is 0 Å². The lowest BCUT2D eigenvalue weighted by molar-refractivity contribution is -0.190. The minimum Gasteiger partial charge on any atom is -0.463 e. The molecule has 32 nitrogen and oxygen atoms in total. The molecule has 2 atom stereocenters. The summed E-state index contributed by atoms with van der Waals surface area (Å²) in [7, 11) is 0. The summed E-state index contributed by atoms with van der Waals surface area (Å²) < 4.78 is 44.3. The summed E-state index contributed by atoms with van der Waals surface area (Å²) in [6.07, 6.45) is 6.84. The first-order valence-electron chi connectivity index (χ1n) is 31.2. The molecule has 512 valence electrons. The zero-order chi connectivity index (χ0) is 68.3. The van der Waals surface area contributed by atoms with E-state index in [2.05, 4.69) is 26.6 Å². The van der Waals surface area contributed by atoms with Crippen molar-refractivity contribution in [1.82, 2.24) is 50.8 Å². The van der Waals surface area contributed by atoms with Crippen molar-refractivity contribution in [3.05, 3.63) is 87.7 Å². The number of nitrogens with one attached hydrogen (secondary N) is 5. The first-order valence-corrected chi connectivity index (χ1v) is 31.2. The van der Waals surface area contributed by atoms with Crippen LogP contribution in [-0.4, -0.2) is 219 Å². The number of carbonyl (C=O) groups excluding carboxylic acids is 13. The van der Waals surface area contributed by atoms with Crippen molar-refractivity contribution >= 4 is 88.3 Å². The Bertz CT molecular complexity index is 3330. The van der Waals surface area contributed by atoms with E-state index < -0.39 is 78.8 Å². The minimum atomic E-state index is -2.08. The highest BCUT2D eigenvalue weighted by atomic mass is 16.6. The van der Waals surface area contributed by atoms with Gasteiger partial charge in [-0.3, -0.25) is 62.6 Å². The van der Waals surface area contributed by atoms with E-state index in [0.717, 1.165) is 20.7 Å².